The largest absolute Gasteiger partial charge is 0.497 e. The Hall–Kier alpha value is -1.21. The zero-order valence-electron chi connectivity index (χ0n) is 13.8. The van der Waals surface area contributed by atoms with Crippen molar-refractivity contribution in [1.82, 2.24) is 10.2 Å². The predicted octanol–water partition coefficient (Wildman–Crippen LogP) is 6.35. The van der Waals surface area contributed by atoms with Gasteiger partial charge in [-0.05, 0) is 36.2 Å². The molecule has 3 nitrogen and oxygen atoms in total. The maximum absolute atomic E-state index is 6.27. The van der Waals surface area contributed by atoms with Crippen LogP contribution in [0.4, 0.5) is 0 Å². The number of ether oxygens (including phenoxy) is 1. The Balaban J connectivity index is 1.57. The predicted molar refractivity (Wildman–Crippen MR) is 108 cm³/mol. The van der Waals surface area contributed by atoms with E-state index in [1.807, 2.05) is 30.3 Å². The average molecular weight is 409 g/mol. The molecule has 0 saturated heterocycles. The molecule has 1 aromatic heterocycles. The number of rotatable bonds is 7. The lowest BCUT2D eigenvalue weighted by molar-refractivity contribution is 0.414. The van der Waals surface area contributed by atoms with Crippen LogP contribution in [0.2, 0.25) is 5.02 Å². The van der Waals surface area contributed by atoms with E-state index in [4.69, 9.17) is 16.3 Å². The highest BCUT2D eigenvalue weighted by Gasteiger charge is 2.14. The van der Waals surface area contributed by atoms with Gasteiger partial charge in [-0.2, -0.15) is 0 Å². The van der Waals surface area contributed by atoms with Crippen LogP contribution in [0.3, 0.4) is 0 Å². The van der Waals surface area contributed by atoms with Crippen molar-refractivity contribution >= 4 is 46.5 Å². The van der Waals surface area contributed by atoms with E-state index in [1.165, 1.54) is 5.56 Å². The fourth-order valence-electron chi connectivity index (χ4n) is 2.19. The minimum absolute atomic E-state index is 0.237. The number of benzene rings is 2. The molecule has 0 aliphatic heterocycles. The molecule has 130 valence electrons. The van der Waals surface area contributed by atoms with Gasteiger partial charge in [0.15, 0.2) is 8.68 Å². The standard InChI is InChI=1S/C18H17ClN2OS3/c1-12(15-5-3-4-6-16(15)19)24-18-21-20-17(25-18)23-11-13-7-9-14(22-2)10-8-13/h3-10,12H,11H2,1-2H3/t12-/m0/s1. The molecule has 0 aliphatic rings. The summed E-state index contributed by atoms with van der Waals surface area (Å²) in [6.07, 6.45) is 0. The highest BCUT2D eigenvalue weighted by molar-refractivity contribution is 8.03. The van der Waals surface area contributed by atoms with E-state index in [9.17, 15) is 0 Å². The van der Waals surface area contributed by atoms with Crippen molar-refractivity contribution in [2.75, 3.05) is 7.11 Å². The molecule has 0 saturated carbocycles. The van der Waals surface area contributed by atoms with Crippen LogP contribution in [-0.2, 0) is 5.75 Å². The quantitative estimate of drug-likeness (QED) is 0.426. The second-order valence-corrected chi connectivity index (χ2v) is 9.45. The van der Waals surface area contributed by atoms with Crippen LogP contribution in [0.5, 0.6) is 5.75 Å². The molecule has 2 aromatic carbocycles. The fourth-order valence-corrected chi connectivity index (χ4v) is 5.84. The van der Waals surface area contributed by atoms with Gasteiger partial charge in [0.1, 0.15) is 5.75 Å². The molecule has 3 aromatic rings. The summed E-state index contributed by atoms with van der Waals surface area (Å²) >= 11 is 11.3. The molecular weight excluding hydrogens is 392 g/mol. The highest BCUT2D eigenvalue weighted by Crippen LogP contribution is 2.40. The Labute approximate surface area is 165 Å². The summed E-state index contributed by atoms with van der Waals surface area (Å²) in [7, 11) is 1.67. The van der Waals surface area contributed by atoms with Gasteiger partial charge in [0, 0.05) is 16.0 Å². The van der Waals surface area contributed by atoms with Crippen LogP contribution in [0.1, 0.15) is 23.3 Å². The third-order valence-corrected chi connectivity index (χ3v) is 7.23. The molecule has 0 N–H and O–H groups in total. The van der Waals surface area contributed by atoms with E-state index in [-0.39, 0.29) is 5.25 Å². The molecular formula is C18H17ClN2OS3. The Morgan fingerprint density at radius 1 is 1.08 bits per heavy atom. The summed E-state index contributed by atoms with van der Waals surface area (Å²) in [6, 6.07) is 16.0. The first-order chi connectivity index (χ1) is 12.2. The third kappa shape index (κ3) is 5.14. The van der Waals surface area contributed by atoms with Crippen molar-refractivity contribution in [1.29, 1.82) is 0 Å². The number of aromatic nitrogens is 2. The molecule has 0 spiro atoms. The topological polar surface area (TPSA) is 35.0 Å². The lowest BCUT2D eigenvalue weighted by Crippen LogP contribution is -1.89. The summed E-state index contributed by atoms with van der Waals surface area (Å²) in [5.74, 6) is 1.74. The number of nitrogens with zero attached hydrogens (tertiary/aromatic N) is 2. The van der Waals surface area contributed by atoms with Gasteiger partial charge in [-0.1, -0.05) is 76.8 Å². The summed E-state index contributed by atoms with van der Waals surface area (Å²) < 4.78 is 7.12. The lowest BCUT2D eigenvalue weighted by Gasteiger charge is -2.10. The summed E-state index contributed by atoms with van der Waals surface area (Å²) in [6.45, 7) is 2.14. The first-order valence-electron chi connectivity index (χ1n) is 7.66. The monoisotopic (exact) mass is 408 g/mol. The lowest BCUT2D eigenvalue weighted by atomic mass is 10.2. The summed E-state index contributed by atoms with van der Waals surface area (Å²) in [4.78, 5) is 0. The third-order valence-electron chi connectivity index (χ3n) is 3.53. The SMILES string of the molecule is COc1ccc(CSc2nnc(S[C@@H](C)c3ccccc3Cl)s2)cc1. The molecule has 0 radical (unpaired) electrons. The van der Waals surface area contributed by atoms with Crippen molar-refractivity contribution < 1.29 is 4.74 Å². The van der Waals surface area contributed by atoms with Gasteiger partial charge in [0.05, 0.1) is 7.11 Å². The molecule has 1 heterocycles. The highest BCUT2D eigenvalue weighted by atomic mass is 35.5. The molecule has 0 aliphatic carbocycles. The van der Waals surface area contributed by atoms with Gasteiger partial charge < -0.3 is 4.74 Å². The van der Waals surface area contributed by atoms with Crippen molar-refractivity contribution in [3.63, 3.8) is 0 Å². The van der Waals surface area contributed by atoms with E-state index in [2.05, 4.69) is 35.3 Å². The van der Waals surface area contributed by atoms with Gasteiger partial charge in [-0.25, -0.2) is 0 Å². The first-order valence-corrected chi connectivity index (χ1v) is 10.7. The smallest absolute Gasteiger partial charge is 0.175 e. The Bertz CT molecular complexity index is 823. The van der Waals surface area contributed by atoms with Gasteiger partial charge in [-0.15, -0.1) is 10.2 Å². The molecule has 7 heteroatoms. The number of thioether (sulfide) groups is 2. The van der Waals surface area contributed by atoms with Crippen molar-refractivity contribution in [3.05, 3.63) is 64.7 Å². The van der Waals surface area contributed by atoms with E-state index in [1.54, 1.807) is 42.0 Å². The van der Waals surface area contributed by atoms with E-state index >= 15 is 0 Å². The average Bonchev–Trinajstić information content (AvgIpc) is 3.08. The van der Waals surface area contributed by atoms with Crippen LogP contribution < -0.4 is 4.74 Å². The van der Waals surface area contributed by atoms with Crippen LogP contribution in [0.15, 0.2) is 57.2 Å². The Kier molecular flexibility index (Phi) is 6.64. The van der Waals surface area contributed by atoms with E-state index in [0.29, 0.717) is 0 Å². The van der Waals surface area contributed by atoms with E-state index in [0.717, 1.165) is 30.8 Å². The Morgan fingerprint density at radius 2 is 1.80 bits per heavy atom. The first kappa shape index (κ1) is 18.6. The minimum atomic E-state index is 0.237. The van der Waals surface area contributed by atoms with E-state index < -0.39 is 0 Å². The van der Waals surface area contributed by atoms with Crippen LogP contribution >= 0.6 is 46.5 Å². The Morgan fingerprint density at radius 3 is 2.52 bits per heavy atom. The summed E-state index contributed by atoms with van der Waals surface area (Å²) in [5, 5.41) is 9.62. The normalized spacial score (nSPS) is 12.1. The van der Waals surface area contributed by atoms with Crippen molar-refractivity contribution in [3.8, 4) is 5.75 Å². The molecule has 0 fully saturated rings. The van der Waals surface area contributed by atoms with Gasteiger partial charge in [0.25, 0.3) is 0 Å². The molecule has 0 bridgehead atoms. The molecule has 3 rings (SSSR count). The molecule has 0 amide bonds. The van der Waals surface area contributed by atoms with Crippen LogP contribution in [0, 0.1) is 0 Å². The number of methoxy groups -OCH3 is 1. The van der Waals surface area contributed by atoms with Crippen LogP contribution in [-0.4, -0.2) is 17.3 Å². The van der Waals surface area contributed by atoms with Crippen molar-refractivity contribution in [2.24, 2.45) is 0 Å². The zero-order valence-corrected chi connectivity index (χ0v) is 17.0. The fraction of sp³-hybridized carbons (Fsp3) is 0.222. The van der Waals surface area contributed by atoms with Crippen molar-refractivity contribution in [2.45, 2.75) is 26.6 Å². The zero-order chi connectivity index (χ0) is 17.6. The second-order valence-electron chi connectivity index (χ2n) is 5.25. The summed E-state index contributed by atoms with van der Waals surface area (Å²) in [5.41, 5.74) is 2.36. The van der Waals surface area contributed by atoms with Gasteiger partial charge in [-0.3, -0.25) is 0 Å². The maximum Gasteiger partial charge on any atom is 0.175 e. The number of hydrogen-bond acceptors (Lipinski definition) is 6. The molecule has 0 unspecified atom stereocenters. The molecule has 25 heavy (non-hydrogen) atoms. The number of hydrogen-bond donors (Lipinski definition) is 0. The second kappa shape index (κ2) is 8.94. The molecule has 1 atom stereocenters. The number of halogens is 1. The van der Waals surface area contributed by atoms with Gasteiger partial charge >= 0.3 is 0 Å². The maximum atomic E-state index is 6.27. The van der Waals surface area contributed by atoms with Gasteiger partial charge in [0.2, 0.25) is 0 Å². The minimum Gasteiger partial charge on any atom is -0.497 e. The van der Waals surface area contributed by atoms with Crippen LogP contribution in [0.25, 0.3) is 0 Å².